The van der Waals surface area contributed by atoms with Crippen molar-refractivity contribution < 1.29 is 31.7 Å². The molecule has 0 aliphatic rings. The van der Waals surface area contributed by atoms with Crippen LogP contribution < -0.4 is 10.1 Å². The van der Waals surface area contributed by atoms with Gasteiger partial charge in [-0.25, -0.2) is 12.8 Å². The Bertz CT molecular complexity index is 1310. The van der Waals surface area contributed by atoms with Gasteiger partial charge in [-0.1, -0.05) is 16.5 Å². The second kappa shape index (κ2) is 10.1. The van der Waals surface area contributed by atoms with Crippen LogP contribution in [0.25, 0.3) is 10.2 Å². The monoisotopic (exact) mass is 484 g/mol. The Morgan fingerprint density at radius 3 is 2.78 bits per heavy atom. The van der Waals surface area contributed by atoms with Crippen molar-refractivity contribution in [2.75, 3.05) is 30.0 Å². The van der Waals surface area contributed by atoms with E-state index in [0.29, 0.717) is 35.7 Å². The van der Waals surface area contributed by atoms with Gasteiger partial charge < -0.3 is 19.1 Å². The highest BCUT2D eigenvalue weighted by atomic mass is 32.2. The topological polar surface area (TPSA) is 133 Å². The number of hydrogen-bond donors (Lipinski definition) is 1. The van der Waals surface area contributed by atoms with Crippen LogP contribution in [0.4, 0.5) is 10.2 Å². The number of aryl methyl sites for hydroxylation is 1. The standard InChI is InChI=1S/C19H21FN4O6S2/c1-3-29-7-6-24-14-5-4-13(20)9-15(14)31-19(24)22-18(26)11-32(27,28)10-17(25)21-16-8-12(2)30-23-16/h4-5,8-9H,3,6-7,10-11H2,1-2H3,(H,21,23,25). The molecule has 0 spiro atoms. The predicted octanol–water partition coefficient (Wildman–Crippen LogP) is 1.66. The lowest BCUT2D eigenvalue weighted by molar-refractivity contribution is -0.115. The maximum absolute atomic E-state index is 13.6. The van der Waals surface area contributed by atoms with Crippen LogP contribution in [-0.2, 0) is 30.7 Å². The van der Waals surface area contributed by atoms with Crippen molar-refractivity contribution in [3.8, 4) is 0 Å². The number of nitrogens with zero attached hydrogens (tertiary/aromatic N) is 3. The minimum absolute atomic E-state index is 0.0755. The Morgan fingerprint density at radius 2 is 2.09 bits per heavy atom. The van der Waals surface area contributed by atoms with Crippen molar-refractivity contribution in [3.63, 3.8) is 0 Å². The van der Waals surface area contributed by atoms with Gasteiger partial charge in [-0.2, -0.15) is 4.99 Å². The third-order valence-electron chi connectivity index (χ3n) is 4.12. The number of rotatable bonds is 9. The highest BCUT2D eigenvalue weighted by Gasteiger charge is 2.22. The lowest BCUT2D eigenvalue weighted by atomic mass is 10.3. The Hall–Kier alpha value is -2.90. The van der Waals surface area contributed by atoms with Gasteiger partial charge >= 0.3 is 0 Å². The van der Waals surface area contributed by atoms with Gasteiger partial charge in [0, 0.05) is 19.2 Å². The molecular formula is C19H21FN4O6S2. The van der Waals surface area contributed by atoms with E-state index in [1.54, 1.807) is 17.6 Å². The largest absolute Gasteiger partial charge is 0.380 e. The zero-order chi connectivity index (χ0) is 23.3. The van der Waals surface area contributed by atoms with Gasteiger partial charge in [0.1, 0.15) is 23.1 Å². The van der Waals surface area contributed by atoms with Crippen LogP contribution in [0.1, 0.15) is 12.7 Å². The molecule has 10 nitrogen and oxygen atoms in total. The van der Waals surface area contributed by atoms with E-state index < -0.39 is 39.0 Å². The smallest absolute Gasteiger partial charge is 0.263 e. The van der Waals surface area contributed by atoms with E-state index in [-0.39, 0.29) is 10.6 Å². The molecule has 2 aromatic heterocycles. The Labute approximate surface area is 186 Å². The molecule has 1 N–H and O–H groups in total. The summed E-state index contributed by atoms with van der Waals surface area (Å²) in [6, 6.07) is 5.59. The Balaban J connectivity index is 1.77. The number of fused-ring (bicyclic) bond motifs is 1. The lowest BCUT2D eigenvalue weighted by Crippen LogP contribution is -2.28. The number of sulfone groups is 1. The van der Waals surface area contributed by atoms with Gasteiger partial charge in [0.15, 0.2) is 20.5 Å². The molecule has 172 valence electrons. The molecule has 1 aromatic carbocycles. The molecule has 0 aliphatic heterocycles. The van der Waals surface area contributed by atoms with E-state index >= 15 is 0 Å². The number of carbonyl (C=O) groups excluding carboxylic acids is 2. The fourth-order valence-corrected chi connectivity index (χ4v) is 4.94. The molecule has 0 bridgehead atoms. The molecule has 0 saturated heterocycles. The zero-order valence-corrected chi connectivity index (χ0v) is 19.0. The summed E-state index contributed by atoms with van der Waals surface area (Å²) in [4.78, 5) is 28.5. The van der Waals surface area contributed by atoms with Gasteiger partial charge in [0.2, 0.25) is 5.91 Å². The van der Waals surface area contributed by atoms with Crippen molar-refractivity contribution in [1.82, 2.24) is 9.72 Å². The van der Waals surface area contributed by atoms with E-state index in [4.69, 9.17) is 9.26 Å². The van der Waals surface area contributed by atoms with Crippen molar-refractivity contribution >= 4 is 49.0 Å². The highest BCUT2D eigenvalue weighted by molar-refractivity contribution is 7.92. The number of benzene rings is 1. The molecule has 0 radical (unpaired) electrons. The van der Waals surface area contributed by atoms with Crippen molar-refractivity contribution in [1.29, 1.82) is 0 Å². The SMILES string of the molecule is CCOCCn1c(=NC(=O)CS(=O)(=O)CC(=O)Nc2cc(C)on2)sc2cc(F)ccc21. The van der Waals surface area contributed by atoms with Gasteiger partial charge in [0.25, 0.3) is 5.91 Å². The molecule has 0 fully saturated rings. The van der Waals surface area contributed by atoms with E-state index in [1.807, 2.05) is 6.92 Å². The second-order valence-electron chi connectivity index (χ2n) is 6.75. The van der Waals surface area contributed by atoms with E-state index in [2.05, 4.69) is 15.5 Å². The summed E-state index contributed by atoms with van der Waals surface area (Å²) in [7, 11) is -4.09. The lowest BCUT2D eigenvalue weighted by Gasteiger charge is -2.05. The first-order chi connectivity index (χ1) is 15.2. The van der Waals surface area contributed by atoms with E-state index in [1.165, 1.54) is 18.2 Å². The van der Waals surface area contributed by atoms with Gasteiger partial charge in [-0.3, -0.25) is 9.59 Å². The third kappa shape index (κ3) is 6.31. The van der Waals surface area contributed by atoms with Crippen LogP contribution in [0, 0.1) is 12.7 Å². The van der Waals surface area contributed by atoms with E-state index in [0.717, 1.165) is 11.3 Å². The molecule has 0 unspecified atom stereocenters. The molecule has 3 rings (SSSR count). The third-order valence-corrected chi connectivity index (χ3v) is 6.55. The minimum atomic E-state index is -4.09. The molecule has 3 aromatic rings. The number of nitrogens with one attached hydrogen (secondary N) is 1. The molecule has 0 saturated carbocycles. The molecule has 32 heavy (non-hydrogen) atoms. The number of anilines is 1. The summed E-state index contributed by atoms with van der Waals surface area (Å²) in [5, 5.41) is 5.83. The maximum Gasteiger partial charge on any atom is 0.263 e. The van der Waals surface area contributed by atoms with Crippen LogP contribution in [0.3, 0.4) is 0 Å². The first-order valence-electron chi connectivity index (χ1n) is 9.54. The van der Waals surface area contributed by atoms with Crippen molar-refractivity contribution in [3.05, 3.63) is 40.6 Å². The Kier molecular flexibility index (Phi) is 7.53. The summed E-state index contributed by atoms with van der Waals surface area (Å²) in [6.07, 6.45) is 0. The summed E-state index contributed by atoms with van der Waals surface area (Å²) in [6.45, 7) is 4.63. The number of halogens is 1. The van der Waals surface area contributed by atoms with Crippen LogP contribution in [0.5, 0.6) is 0 Å². The molecule has 13 heteroatoms. The predicted molar refractivity (Wildman–Crippen MR) is 115 cm³/mol. The average Bonchev–Trinajstić information content (AvgIpc) is 3.23. The number of hydrogen-bond acceptors (Lipinski definition) is 8. The van der Waals surface area contributed by atoms with Crippen LogP contribution in [0.2, 0.25) is 0 Å². The van der Waals surface area contributed by atoms with Crippen molar-refractivity contribution in [2.24, 2.45) is 4.99 Å². The molecule has 2 amide bonds. The fraction of sp³-hybridized carbons (Fsp3) is 0.368. The van der Waals surface area contributed by atoms with Gasteiger partial charge in [0.05, 0.1) is 16.8 Å². The molecule has 0 atom stereocenters. The average molecular weight is 485 g/mol. The second-order valence-corrected chi connectivity index (χ2v) is 9.83. The summed E-state index contributed by atoms with van der Waals surface area (Å²) in [5.74, 6) is -3.58. The van der Waals surface area contributed by atoms with Gasteiger partial charge in [-0.05, 0) is 32.0 Å². The first-order valence-corrected chi connectivity index (χ1v) is 12.2. The number of thiazole rings is 1. The molecular weight excluding hydrogens is 463 g/mol. The van der Waals surface area contributed by atoms with Crippen LogP contribution >= 0.6 is 11.3 Å². The van der Waals surface area contributed by atoms with Crippen molar-refractivity contribution in [2.45, 2.75) is 20.4 Å². The number of aromatic nitrogens is 2. The normalized spacial score (nSPS) is 12.4. The van der Waals surface area contributed by atoms with Crippen LogP contribution in [-0.4, -0.2) is 54.7 Å². The summed E-state index contributed by atoms with van der Waals surface area (Å²) >= 11 is 1.06. The quantitative estimate of drug-likeness (QED) is 0.457. The van der Waals surface area contributed by atoms with Gasteiger partial charge in [-0.15, -0.1) is 0 Å². The maximum atomic E-state index is 13.6. The zero-order valence-electron chi connectivity index (χ0n) is 17.3. The van der Waals surface area contributed by atoms with Crippen LogP contribution in [0.15, 0.2) is 33.8 Å². The highest BCUT2D eigenvalue weighted by Crippen LogP contribution is 2.18. The minimum Gasteiger partial charge on any atom is -0.380 e. The first kappa shape index (κ1) is 23.8. The molecule has 2 heterocycles. The Morgan fingerprint density at radius 1 is 1.31 bits per heavy atom. The summed E-state index contributed by atoms with van der Waals surface area (Å²) in [5.41, 5.74) is 0.646. The number of amides is 2. The van der Waals surface area contributed by atoms with E-state index in [9.17, 15) is 22.4 Å². The fourth-order valence-electron chi connectivity index (χ4n) is 2.83. The molecule has 0 aliphatic carbocycles. The number of ether oxygens (including phenoxy) is 1. The summed E-state index contributed by atoms with van der Waals surface area (Å²) < 4.78 is 50.5. The number of carbonyl (C=O) groups is 2.